The average Bonchev–Trinajstić information content (AvgIpc) is 3.16. The van der Waals surface area contributed by atoms with Crippen molar-refractivity contribution in [1.82, 2.24) is 9.97 Å². The second-order valence-electron chi connectivity index (χ2n) is 7.09. The lowest BCUT2D eigenvalue weighted by atomic mass is 10.1. The molecule has 2 aromatic heterocycles. The molecule has 0 atom stereocenters. The van der Waals surface area contributed by atoms with Crippen LogP contribution < -0.4 is 15.0 Å². The lowest BCUT2D eigenvalue weighted by Gasteiger charge is -2.09. The Hall–Kier alpha value is -3.65. The minimum atomic E-state index is -0.450. The lowest BCUT2D eigenvalue weighted by molar-refractivity contribution is 0.0514. The molecule has 0 amide bonds. The number of aromatic nitrogens is 2. The highest BCUT2D eigenvalue weighted by atomic mass is 32.1. The first kappa shape index (κ1) is 21.6. The van der Waals surface area contributed by atoms with Crippen molar-refractivity contribution in [2.24, 2.45) is 0 Å². The van der Waals surface area contributed by atoms with Crippen molar-refractivity contribution in [3.05, 3.63) is 74.9 Å². The molecule has 0 bridgehead atoms. The van der Waals surface area contributed by atoms with Crippen LogP contribution in [0.15, 0.2) is 53.3 Å². The smallest absolute Gasteiger partial charge is 0.348 e. The Labute approximate surface area is 188 Å². The zero-order chi connectivity index (χ0) is 22.7. The largest absolute Gasteiger partial charge is 0.493 e. The first-order chi connectivity index (χ1) is 15.5. The summed E-state index contributed by atoms with van der Waals surface area (Å²) in [6, 6.07) is 15.1. The summed E-state index contributed by atoms with van der Waals surface area (Å²) in [6.45, 7) is 2.00. The van der Waals surface area contributed by atoms with E-state index in [1.165, 1.54) is 0 Å². The second kappa shape index (κ2) is 9.23. The van der Waals surface area contributed by atoms with Crippen molar-refractivity contribution in [1.29, 1.82) is 0 Å². The molecule has 0 aliphatic carbocycles. The molecule has 1 N–H and O–H groups in total. The zero-order valence-electron chi connectivity index (χ0n) is 17.9. The highest BCUT2D eigenvalue weighted by molar-refractivity contribution is 7.20. The van der Waals surface area contributed by atoms with E-state index in [9.17, 15) is 9.59 Å². The van der Waals surface area contributed by atoms with E-state index >= 15 is 0 Å². The molecule has 2 aromatic carbocycles. The quantitative estimate of drug-likeness (QED) is 0.420. The number of esters is 1. The summed E-state index contributed by atoms with van der Waals surface area (Å²) in [5.74, 6) is 1.03. The number of methoxy groups -OCH3 is 2. The minimum absolute atomic E-state index is 0.261. The number of carbonyl (C=O) groups is 1. The van der Waals surface area contributed by atoms with Gasteiger partial charge in [0.05, 0.1) is 26.2 Å². The molecule has 0 unspecified atom stereocenters. The second-order valence-corrected chi connectivity index (χ2v) is 8.09. The number of carbonyl (C=O) groups excluding carboxylic acids is 1. The van der Waals surface area contributed by atoms with Gasteiger partial charge in [-0.1, -0.05) is 30.3 Å². The Bertz CT molecular complexity index is 1330. The van der Waals surface area contributed by atoms with Crippen molar-refractivity contribution < 1.29 is 19.0 Å². The molecule has 8 heteroatoms. The van der Waals surface area contributed by atoms with E-state index in [2.05, 4.69) is 9.97 Å². The normalized spacial score (nSPS) is 10.8. The number of benzene rings is 2. The molecular formula is C24H22N2O5S. The summed E-state index contributed by atoms with van der Waals surface area (Å²) < 4.78 is 16.1. The number of nitrogens with zero attached hydrogens (tertiary/aromatic N) is 1. The molecule has 0 aliphatic heterocycles. The maximum Gasteiger partial charge on any atom is 0.348 e. The number of rotatable bonds is 7. The van der Waals surface area contributed by atoms with Crippen LogP contribution in [0.4, 0.5) is 0 Å². The van der Waals surface area contributed by atoms with Gasteiger partial charge in [-0.15, -0.1) is 11.3 Å². The Morgan fingerprint density at radius 2 is 1.81 bits per heavy atom. The molecule has 164 valence electrons. The van der Waals surface area contributed by atoms with Crippen LogP contribution in [0.1, 0.15) is 20.8 Å². The fraction of sp³-hybridized carbons (Fsp3) is 0.208. The van der Waals surface area contributed by atoms with Gasteiger partial charge in [-0.3, -0.25) is 4.79 Å². The number of hydrogen-bond acceptors (Lipinski definition) is 7. The van der Waals surface area contributed by atoms with Crippen LogP contribution in [0, 0.1) is 6.92 Å². The van der Waals surface area contributed by atoms with Gasteiger partial charge in [-0.2, -0.15) is 0 Å². The third kappa shape index (κ3) is 4.22. The number of fused-ring (bicyclic) bond motifs is 1. The Morgan fingerprint density at radius 3 is 2.53 bits per heavy atom. The number of hydrogen-bond donors (Lipinski definition) is 1. The predicted molar refractivity (Wildman–Crippen MR) is 124 cm³/mol. The molecular weight excluding hydrogens is 428 g/mol. The van der Waals surface area contributed by atoms with Gasteiger partial charge in [0.25, 0.3) is 5.56 Å². The van der Waals surface area contributed by atoms with E-state index in [0.717, 1.165) is 16.9 Å². The van der Waals surface area contributed by atoms with E-state index in [0.29, 0.717) is 50.0 Å². The number of ether oxygens (including phenoxy) is 3. The molecule has 0 fully saturated rings. The Kier molecular flexibility index (Phi) is 6.23. The molecule has 0 saturated heterocycles. The van der Waals surface area contributed by atoms with Crippen molar-refractivity contribution in [2.45, 2.75) is 13.3 Å². The third-order valence-corrected chi connectivity index (χ3v) is 6.28. The van der Waals surface area contributed by atoms with Crippen LogP contribution in [0.5, 0.6) is 11.5 Å². The molecule has 32 heavy (non-hydrogen) atoms. The monoisotopic (exact) mass is 450 g/mol. The minimum Gasteiger partial charge on any atom is -0.493 e. The molecule has 2 heterocycles. The van der Waals surface area contributed by atoms with Crippen molar-refractivity contribution in [3.8, 4) is 22.9 Å². The predicted octanol–water partition coefficient (Wildman–Crippen LogP) is 4.38. The summed E-state index contributed by atoms with van der Waals surface area (Å²) in [5.41, 5.74) is 2.02. The van der Waals surface area contributed by atoms with Gasteiger partial charge in [0.15, 0.2) is 11.5 Å². The zero-order valence-corrected chi connectivity index (χ0v) is 18.7. The van der Waals surface area contributed by atoms with E-state index in [4.69, 9.17) is 14.2 Å². The van der Waals surface area contributed by atoms with Crippen LogP contribution in [-0.4, -0.2) is 36.8 Å². The average molecular weight is 451 g/mol. The fourth-order valence-electron chi connectivity index (χ4n) is 3.43. The van der Waals surface area contributed by atoms with Crippen LogP contribution in [0.2, 0.25) is 0 Å². The highest BCUT2D eigenvalue weighted by Crippen LogP contribution is 2.33. The molecule has 0 aliphatic rings. The number of nitrogens with one attached hydrogen (secondary N) is 1. The highest BCUT2D eigenvalue weighted by Gasteiger charge is 2.21. The van der Waals surface area contributed by atoms with Gasteiger partial charge in [0.2, 0.25) is 0 Å². The molecule has 4 aromatic rings. The number of H-pyrrole nitrogens is 1. The maximum atomic E-state index is 12.8. The SMILES string of the molecule is COc1ccc(-c2nc3sc(C(=O)OCCc4ccccc4)c(C)c3c(=O)[nH]2)cc1OC. The first-order valence-electron chi connectivity index (χ1n) is 9.98. The Morgan fingerprint density at radius 1 is 1.06 bits per heavy atom. The standard InChI is InChI=1S/C24H22N2O5S/c1-14-19-22(27)25-21(16-9-10-17(29-2)18(13-16)30-3)26-23(19)32-20(14)24(28)31-12-11-15-7-5-4-6-8-15/h4-10,13H,11-12H2,1-3H3,(H,25,26,27). The van der Waals surface area contributed by atoms with E-state index < -0.39 is 5.97 Å². The summed E-state index contributed by atoms with van der Waals surface area (Å²) in [4.78, 5) is 33.7. The van der Waals surface area contributed by atoms with Gasteiger partial charge < -0.3 is 19.2 Å². The van der Waals surface area contributed by atoms with Gasteiger partial charge in [0, 0.05) is 12.0 Å². The molecule has 0 saturated carbocycles. The summed E-state index contributed by atoms with van der Waals surface area (Å²) in [7, 11) is 3.10. The van der Waals surface area contributed by atoms with E-state index in [-0.39, 0.29) is 12.2 Å². The fourth-order valence-corrected chi connectivity index (χ4v) is 4.51. The Balaban J connectivity index is 1.61. The molecule has 7 nitrogen and oxygen atoms in total. The van der Waals surface area contributed by atoms with Gasteiger partial charge >= 0.3 is 5.97 Å². The summed E-state index contributed by atoms with van der Waals surface area (Å²) >= 11 is 1.16. The lowest BCUT2D eigenvalue weighted by Crippen LogP contribution is -2.10. The number of thiophene rings is 1. The number of aromatic amines is 1. The van der Waals surface area contributed by atoms with Crippen LogP contribution in [0.3, 0.4) is 0 Å². The number of aryl methyl sites for hydroxylation is 1. The van der Waals surface area contributed by atoms with Crippen LogP contribution in [0.25, 0.3) is 21.6 Å². The third-order valence-electron chi connectivity index (χ3n) is 5.11. The van der Waals surface area contributed by atoms with E-state index in [1.807, 2.05) is 30.3 Å². The van der Waals surface area contributed by atoms with Gasteiger partial charge in [-0.05, 0) is 36.2 Å². The topological polar surface area (TPSA) is 90.5 Å². The first-order valence-corrected chi connectivity index (χ1v) is 10.8. The van der Waals surface area contributed by atoms with Gasteiger partial charge in [-0.25, -0.2) is 9.78 Å². The molecule has 4 rings (SSSR count). The van der Waals surface area contributed by atoms with Crippen LogP contribution >= 0.6 is 11.3 Å². The molecule has 0 spiro atoms. The van der Waals surface area contributed by atoms with Gasteiger partial charge in [0.1, 0.15) is 15.5 Å². The molecule has 0 radical (unpaired) electrons. The summed E-state index contributed by atoms with van der Waals surface area (Å²) in [5, 5.41) is 0.397. The van der Waals surface area contributed by atoms with Crippen LogP contribution in [-0.2, 0) is 11.2 Å². The van der Waals surface area contributed by atoms with Crippen molar-refractivity contribution >= 4 is 27.5 Å². The summed E-state index contributed by atoms with van der Waals surface area (Å²) in [6.07, 6.45) is 0.624. The van der Waals surface area contributed by atoms with Crippen molar-refractivity contribution in [3.63, 3.8) is 0 Å². The van der Waals surface area contributed by atoms with E-state index in [1.54, 1.807) is 39.3 Å². The van der Waals surface area contributed by atoms with Crippen molar-refractivity contribution in [2.75, 3.05) is 20.8 Å². The maximum absolute atomic E-state index is 12.8.